The Bertz CT molecular complexity index is 1570. The summed E-state index contributed by atoms with van der Waals surface area (Å²) >= 11 is 7.63. The second-order valence-corrected chi connectivity index (χ2v) is 9.06. The van der Waals surface area contributed by atoms with Gasteiger partial charge in [-0.2, -0.15) is 0 Å². The van der Waals surface area contributed by atoms with Crippen LogP contribution in [0, 0.1) is 0 Å². The zero-order valence-electron chi connectivity index (χ0n) is 18.0. The van der Waals surface area contributed by atoms with E-state index >= 15 is 0 Å². The maximum Gasteiger partial charge on any atom is 0.338 e. The smallest absolute Gasteiger partial charge is 0.338 e. The number of fused-ring (bicyclic) bond motifs is 2. The van der Waals surface area contributed by atoms with Gasteiger partial charge < -0.3 is 9.64 Å². The largest absolute Gasteiger partial charge is 0.466 e. The first kappa shape index (κ1) is 21.4. The van der Waals surface area contributed by atoms with E-state index in [0.717, 1.165) is 17.0 Å². The Morgan fingerprint density at radius 3 is 2.55 bits per heavy atom. The van der Waals surface area contributed by atoms with Gasteiger partial charge in [0.25, 0.3) is 11.5 Å². The molecule has 0 bridgehead atoms. The minimum atomic E-state index is -0.832. The standard InChI is InChI=1S/C24H18ClN3O4S/c1-12-17(23(31)32-3)19(13-8-4-6-10-15(13)25)28-22(30)20(33-24(28)26-12)18-14-9-5-7-11-16(14)27(2)21(18)29/h4-11,19H,1-3H3. The average Bonchev–Trinajstić information content (AvgIpc) is 3.26. The first-order chi connectivity index (χ1) is 15.8. The van der Waals surface area contributed by atoms with Crippen LogP contribution in [0.25, 0.3) is 5.57 Å². The topological polar surface area (TPSA) is 81.0 Å². The minimum absolute atomic E-state index is 0.227. The lowest BCUT2D eigenvalue weighted by Gasteiger charge is -2.25. The number of methoxy groups -OCH3 is 1. The molecule has 33 heavy (non-hydrogen) atoms. The summed E-state index contributed by atoms with van der Waals surface area (Å²) < 4.78 is 6.72. The maximum atomic E-state index is 13.8. The van der Waals surface area contributed by atoms with Crippen LogP contribution in [0.3, 0.4) is 0 Å². The zero-order chi connectivity index (χ0) is 23.4. The maximum absolute atomic E-state index is 13.8. The van der Waals surface area contributed by atoms with Crippen LogP contribution in [0.2, 0.25) is 5.02 Å². The predicted octanol–water partition coefficient (Wildman–Crippen LogP) is 2.41. The SMILES string of the molecule is COC(=O)C1=C(C)N=c2sc(=C3C(=O)N(C)c4ccccc43)c(=O)n2C1c1ccccc1Cl. The van der Waals surface area contributed by atoms with Crippen molar-refractivity contribution >= 4 is 46.1 Å². The average molecular weight is 480 g/mol. The van der Waals surface area contributed by atoms with E-state index in [4.69, 9.17) is 16.3 Å². The highest BCUT2D eigenvalue weighted by atomic mass is 35.5. The fraction of sp³-hybridized carbons (Fsp3) is 0.167. The number of rotatable bonds is 2. The molecule has 0 aliphatic carbocycles. The van der Waals surface area contributed by atoms with Gasteiger partial charge in [0.2, 0.25) is 0 Å². The predicted molar refractivity (Wildman–Crippen MR) is 126 cm³/mol. The normalized spacial score (nSPS) is 18.7. The van der Waals surface area contributed by atoms with Gasteiger partial charge in [-0.05, 0) is 24.6 Å². The Morgan fingerprint density at radius 1 is 1.12 bits per heavy atom. The number of esters is 1. The lowest BCUT2D eigenvalue weighted by molar-refractivity contribution is -0.136. The third kappa shape index (κ3) is 3.09. The van der Waals surface area contributed by atoms with Crippen molar-refractivity contribution in [2.24, 2.45) is 4.99 Å². The van der Waals surface area contributed by atoms with Crippen molar-refractivity contribution in [3.8, 4) is 0 Å². The number of carbonyl (C=O) groups is 2. The number of hydrogen-bond acceptors (Lipinski definition) is 6. The summed E-state index contributed by atoms with van der Waals surface area (Å²) in [6.07, 6.45) is 0. The monoisotopic (exact) mass is 479 g/mol. The first-order valence-corrected chi connectivity index (χ1v) is 11.3. The van der Waals surface area contributed by atoms with Crippen molar-refractivity contribution in [3.05, 3.63) is 95.6 Å². The molecule has 0 radical (unpaired) electrons. The molecule has 1 amide bonds. The number of ether oxygens (including phenoxy) is 1. The van der Waals surface area contributed by atoms with Crippen LogP contribution < -0.4 is 19.8 Å². The van der Waals surface area contributed by atoms with Crippen molar-refractivity contribution in [1.29, 1.82) is 0 Å². The molecule has 1 unspecified atom stereocenters. The van der Waals surface area contributed by atoms with Crippen molar-refractivity contribution in [1.82, 2.24) is 4.57 Å². The van der Waals surface area contributed by atoms with E-state index < -0.39 is 17.6 Å². The molecule has 166 valence electrons. The Hall–Kier alpha value is -3.49. The number of likely N-dealkylation sites (N-methyl/N-ethyl adjacent to an activating group) is 1. The molecule has 0 saturated heterocycles. The summed E-state index contributed by atoms with van der Waals surface area (Å²) in [5, 5.41) is 0.402. The van der Waals surface area contributed by atoms with Crippen molar-refractivity contribution in [2.75, 3.05) is 19.1 Å². The van der Waals surface area contributed by atoms with Crippen LogP contribution in [0.15, 0.2) is 69.6 Å². The number of carbonyl (C=O) groups excluding carboxylic acids is 2. The minimum Gasteiger partial charge on any atom is -0.466 e. The van der Waals surface area contributed by atoms with Gasteiger partial charge in [0.05, 0.1) is 29.6 Å². The number of benzene rings is 2. The number of nitrogens with zero attached hydrogens (tertiary/aromatic N) is 3. The van der Waals surface area contributed by atoms with Crippen LogP contribution in [-0.2, 0) is 14.3 Å². The zero-order valence-corrected chi connectivity index (χ0v) is 19.5. The fourth-order valence-electron chi connectivity index (χ4n) is 4.32. The first-order valence-electron chi connectivity index (χ1n) is 10.1. The molecule has 0 saturated carbocycles. The number of hydrogen-bond donors (Lipinski definition) is 0. The van der Waals surface area contributed by atoms with E-state index in [2.05, 4.69) is 4.99 Å². The molecule has 3 heterocycles. The Labute approximate surface area is 197 Å². The van der Waals surface area contributed by atoms with E-state index in [1.165, 1.54) is 16.6 Å². The quantitative estimate of drug-likeness (QED) is 0.529. The lowest BCUT2D eigenvalue weighted by Crippen LogP contribution is -2.40. The lowest BCUT2D eigenvalue weighted by atomic mass is 9.96. The second-order valence-electron chi connectivity index (χ2n) is 7.67. The number of para-hydroxylation sites is 1. The van der Waals surface area contributed by atoms with Crippen molar-refractivity contribution in [2.45, 2.75) is 13.0 Å². The van der Waals surface area contributed by atoms with E-state index in [1.807, 2.05) is 24.3 Å². The van der Waals surface area contributed by atoms with Crippen LogP contribution in [-0.4, -0.2) is 30.6 Å². The number of aromatic nitrogens is 1. The van der Waals surface area contributed by atoms with E-state index in [1.54, 1.807) is 38.2 Å². The summed E-state index contributed by atoms with van der Waals surface area (Å²) in [5.41, 5.74) is 2.57. The molecule has 2 aromatic carbocycles. The number of allylic oxidation sites excluding steroid dienone is 1. The Balaban J connectivity index is 1.88. The highest BCUT2D eigenvalue weighted by Gasteiger charge is 2.36. The highest BCUT2D eigenvalue weighted by molar-refractivity contribution is 7.07. The summed E-state index contributed by atoms with van der Waals surface area (Å²) in [7, 11) is 2.96. The van der Waals surface area contributed by atoms with Gasteiger partial charge in [0.15, 0.2) is 4.80 Å². The summed E-state index contributed by atoms with van der Waals surface area (Å²) in [4.78, 5) is 46.2. The third-order valence-corrected chi connectivity index (χ3v) is 7.28. The number of thiazole rings is 1. The molecule has 0 fully saturated rings. The number of anilines is 1. The molecule has 1 aromatic heterocycles. The molecular weight excluding hydrogens is 462 g/mol. The van der Waals surface area contributed by atoms with Crippen LogP contribution >= 0.6 is 22.9 Å². The van der Waals surface area contributed by atoms with E-state index in [-0.39, 0.29) is 16.0 Å². The molecule has 3 aromatic rings. The van der Waals surface area contributed by atoms with Crippen LogP contribution in [0.5, 0.6) is 0 Å². The van der Waals surface area contributed by atoms with Gasteiger partial charge >= 0.3 is 5.97 Å². The van der Waals surface area contributed by atoms with Gasteiger partial charge in [0.1, 0.15) is 10.6 Å². The van der Waals surface area contributed by atoms with Gasteiger partial charge in [-0.25, -0.2) is 9.79 Å². The molecular formula is C24H18ClN3O4S. The number of amides is 1. The fourth-order valence-corrected chi connectivity index (χ4v) is 5.70. The molecule has 7 nitrogen and oxygen atoms in total. The van der Waals surface area contributed by atoms with E-state index in [0.29, 0.717) is 32.2 Å². The van der Waals surface area contributed by atoms with Gasteiger partial charge in [-0.15, -0.1) is 0 Å². The highest BCUT2D eigenvalue weighted by Crippen LogP contribution is 2.36. The Morgan fingerprint density at radius 2 is 1.82 bits per heavy atom. The van der Waals surface area contributed by atoms with Gasteiger partial charge in [-0.1, -0.05) is 59.3 Å². The van der Waals surface area contributed by atoms with Crippen LogP contribution in [0.1, 0.15) is 24.1 Å². The van der Waals surface area contributed by atoms with Crippen molar-refractivity contribution < 1.29 is 14.3 Å². The molecule has 5 rings (SSSR count). The molecule has 2 aliphatic rings. The molecule has 0 spiro atoms. The third-order valence-electron chi connectivity index (χ3n) is 5.88. The van der Waals surface area contributed by atoms with Crippen molar-refractivity contribution in [3.63, 3.8) is 0 Å². The number of halogens is 1. The molecule has 0 N–H and O–H groups in total. The van der Waals surface area contributed by atoms with E-state index in [9.17, 15) is 14.4 Å². The second kappa shape index (κ2) is 7.83. The van der Waals surface area contributed by atoms with Crippen LogP contribution in [0.4, 0.5) is 5.69 Å². The summed E-state index contributed by atoms with van der Waals surface area (Å²) in [6, 6.07) is 13.5. The van der Waals surface area contributed by atoms with Gasteiger partial charge in [0, 0.05) is 17.6 Å². The molecule has 2 aliphatic heterocycles. The molecule has 9 heteroatoms. The molecule has 1 atom stereocenters. The van der Waals surface area contributed by atoms with Gasteiger partial charge in [-0.3, -0.25) is 14.2 Å². The summed E-state index contributed by atoms with van der Waals surface area (Å²) in [5.74, 6) is -0.860. The summed E-state index contributed by atoms with van der Waals surface area (Å²) in [6.45, 7) is 1.69. The Kier molecular flexibility index (Phi) is 5.07.